The van der Waals surface area contributed by atoms with Crippen LogP contribution >= 0.6 is 0 Å². The van der Waals surface area contributed by atoms with Crippen LogP contribution in [0.5, 0.6) is 11.5 Å². The SMILES string of the molecule is CC(CS(C)(=O)=O)Nc1cccc(Oc2ccccc2)c1. The number of rotatable bonds is 6. The first-order valence-electron chi connectivity index (χ1n) is 6.69. The summed E-state index contributed by atoms with van der Waals surface area (Å²) in [5.41, 5.74) is 0.833. The first-order valence-corrected chi connectivity index (χ1v) is 8.76. The smallest absolute Gasteiger partial charge is 0.149 e. The van der Waals surface area contributed by atoms with E-state index in [-0.39, 0.29) is 11.8 Å². The van der Waals surface area contributed by atoms with Crippen molar-refractivity contribution < 1.29 is 13.2 Å². The molecule has 4 nitrogen and oxygen atoms in total. The molecule has 1 unspecified atom stereocenters. The van der Waals surface area contributed by atoms with Crippen molar-refractivity contribution in [2.75, 3.05) is 17.3 Å². The lowest BCUT2D eigenvalue weighted by Crippen LogP contribution is -2.24. The van der Waals surface area contributed by atoms with Gasteiger partial charge in [-0.2, -0.15) is 0 Å². The molecule has 0 heterocycles. The molecule has 0 aliphatic carbocycles. The maximum Gasteiger partial charge on any atom is 0.149 e. The van der Waals surface area contributed by atoms with E-state index in [2.05, 4.69) is 5.32 Å². The number of hydrogen-bond acceptors (Lipinski definition) is 4. The molecule has 2 aromatic rings. The van der Waals surface area contributed by atoms with E-state index in [9.17, 15) is 8.42 Å². The van der Waals surface area contributed by atoms with Crippen LogP contribution in [0.3, 0.4) is 0 Å². The Hall–Kier alpha value is -2.01. The predicted molar refractivity (Wildman–Crippen MR) is 85.8 cm³/mol. The molecule has 0 bridgehead atoms. The van der Waals surface area contributed by atoms with Crippen molar-refractivity contribution in [3.63, 3.8) is 0 Å². The van der Waals surface area contributed by atoms with Gasteiger partial charge in [-0.1, -0.05) is 24.3 Å². The molecular weight excluding hydrogens is 286 g/mol. The first-order chi connectivity index (χ1) is 9.92. The number of hydrogen-bond donors (Lipinski definition) is 1. The largest absolute Gasteiger partial charge is 0.457 e. The highest BCUT2D eigenvalue weighted by Crippen LogP contribution is 2.24. The molecular formula is C16H19NO3S. The lowest BCUT2D eigenvalue weighted by Gasteiger charge is -2.15. The molecule has 0 aromatic heterocycles. The average molecular weight is 305 g/mol. The molecule has 1 atom stereocenters. The van der Waals surface area contributed by atoms with E-state index < -0.39 is 9.84 Å². The molecule has 0 saturated heterocycles. The van der Waals surface area contributed by atoms with Gasteiger partial charge in [0.15, 0.2) is 0 Å². The van der Waals surface area contributed by atoms with Gasteiger partial charge in [-0.25, -0.2) is 8.42 Å². The minimum Gasteiger partial charge on any atom is -0.457 e. The van der Waals surface area contributed by atoms with E-state index >= 15 is 0 Å². The normalized spacial score (nSPS) is 12.7. The highest BCUT2D eigenvalue weighted by molar-refractivity contribution is 7.90. The van der Waals surface area contributed by atoms with E-state index in [1.807, 2.05) is 61.5 Å². The molecule has 21 heavy (non-hydrogen) atoms. The zero-order chi connectivity index (χ0) is 15.3. The number of anilines is 1. The molecule has 0 aliphatic rings. The van der Waals surface area contributed by atoms with E-state index in [1.165, 1.54) is 6.26 Å². The van der Waals surface area contributed by atoms with Gasteiger partial charge in [-0.15, -0.1) is 0 Å². The second-order valence-corrected chi connectivity index (χ2v) is 7.27. The first kappa shape index (κ1) is 15.4. The summed E-state index contributed by atoms with van der Waals surface area (Å²) in [6.07, 6.45) is 1.24. The maximum absolute atomic E-state index is 11.3. The second kappa shape index (κ2) is 6.63. The summed E-state index contributed by atoms with van der Waals surface area (Å²) in [6, 6.07) is 16.8. The Morgan fingerprint density at radius 2 is 1.71 bits per heavy atom. The summed E-state index contributed by atoms with van der Waals surface area (Å²) >= 11 is 0. The molecule has 5 heteroatoms. The minimum atomic E-state index is -3.00. The van der Waals surface area contributed by atoms with Crippen LogP contribution in [0, 0.1) is 0 Å². The van der Waals surface area contributed by atoms with Crippen molar-refractivity contribution in [3.05, 3.63) is 54.6 Å². The van der Waals surface area contributed by atoms with Crippen molar-refractivity contribution in [2.45, 2.75) is 13.0 Å². The molecule has 112 valence electrons. The van der Waals surface area contributed by atoms with Crippen molar-refractivity contribution in [1.82, 2.24) is 0 Å². The van der Waals surface area contributed by atoms with Gasteiger partial charge in [0.2, 0.25) is 0 Å². The quantitative estimate of drug-likeness (QED) is 0.889. The van der Waals surface area contributed by atoms with Gasteiger partial charge in [0, 0.05) is 24.1 Å². The fourth-order valence-corrected chi connectivity index (χ4v) is 3.05. The van der Waals surface area contributed by atoms with Crippen LogP contribution in [0.15, 0.2) is 54.6 Å². The Labute approximate surface area is 125 Å². The number of sulfone groups is 1. The van der Waals surface area contributed by atoms with Gasteiger partial charge in [-0.05, 0) is 31.2 Å². The van der Waals surface area contributed by atoms with Crippen LogP contribution in [-0.2, 0) is 9.84 Å². The summed E-state index contributed by atoms with van der Waals surface area (Å²) in [6.45, 7) is 1.84. The molecule has 0 saturated carbocycles. The standard InChI is InChI=1S/C16H19NO3S/c1-13(12-21(2,18)19)17-14-7-6-10-16(11-14)20-15-8-4-3-5-9-15/h3-11,13,17H,12H2,1-2H3. The summed E-state index contributed by atoms with van der Waals surface area (Å²) in [5.74, 6) is 1.56. The van der Waals surface area contributed by atoms with Crippen LogP contribution in [-0.4, -0.2) is 26.5 Å². The zero-order valence-corrected chi connectivity index (χ0v) is 12.9. The Bertz CT molecular complexity index is 684. The van der Waals surface area contributed by atoms with Crippen LogP contribution in [0.25, 0.3) is 0 Å². The monoisotopic (exact) mass is 305 g/mol. The van der Waals surface area contributed by atoms with Crippen LogP contribution in [0.2, 0.25) is 0 Å². The highest BCUT2D eigenvalue weighted by Gasteiger charge is 2.10. The van der Waals surface area contributed by atoms with Crippen molar-refractivity contribution >= 4 is 15.5 Å². The molecule has 1 N–H and O–H groups in total. The van der Waals surface area contributed by atoms with Crippen molar-refractivity contribution in [3.8, 4) is 11.5 Å². The second-order valence-electron chi connectivity index (χ2n) is 5.08. The van der Waals surface area contributed by atoms with Gasteiger partial charge >= 0.3 is 0 Å². The predicted octanol–water partition coefficient (Wildman–Crippen LogP) is 3.32. The molecule has 0 radical (unpaired) electrons. The molecule has 0 fully saturated rings. The third-order valence-corrected chi connectivity index (χ3v) is 3.88. The lowest BCUT2D eigenvalue weighted by molar-refractivity contribution is 0.483. The summed E-state index contributed by atoms with van der Waals surface area (Å²) in [4.78, 5) is 0. The average Bonchev–Trinajstić information content (AvgIpc) is 2.38. The molecule has 0 amide bonds. The van der Waals surface area contributed by atoms with Crippen molar-refractivity contribution in [2.24, 2.45) is 0 Å². The Morgan fingerprint density at radius 3 is 2.38 bits per heavy atom. The summed E-state index contributed by atoms with van der Waals surface area (Å²) in [7, 11) is -3.00. The van der Waals surface area contributed by atoms with Crippen LogP contribution in [0.4, 0.5) is 5.69 Å². The molecule has 0 spiro atoms. The van der Waals surface area contributed by atoms with Gasteiger partial charge in [0.05, 0.1) is 5.75 Å². The number of nitrogens with one attached hydrogen (secondary N) is 1. The zero-order valence-electron chi connectivity index (χ0n) is 12.1. The summed E-state index contributed by atoms with van der Waals surface area (Å²) in [5, 5.41) is 3.17. The van der Waals surface area contributed by atoms with Gasteiger partial charge in [-0.3, -0.25) is 0 Å². The van der Waals surface area contributed by atoms with Gasteiger partial charge in [0.25, 0.3) is 0 Å². The van der Waals surface area contributed by atoms with Crippen LogP contribution in [0.1, 0.15) is 6.92 Å². The lowest BCUT2D eigenvalue weighted by atomic mass is 10.2. The minimum absolute atomic E-state index is 0.0940. The Morgan fingerprint density at radius 1 is 1.05 bits per heavy atom. The van der Waals surface area contributed by atoms with Crippen LogP contribution < -0.4 is 10.1 Å². The van der Waals surface area contributed by atoms with Crippen molar-refractivity contribution in [1.29, 1.82) is 0 Å². The fraction of sp³-hybridized carbons (Fsp3) is 0.250. The highest BCUT2D eigenvalue weighted by atomic mass is 32.2. The van der Waals surface area contributed by atoms with Gasteiger partial charge in [0.1, 0.15) is 21.3 Å². The van der Waals surface area contributed by atoms with E-state index in [1.54, 1.807) is 0 Å². The Balaban J connectivity index is 2.04. The molecule has 2 aromatic carbocycles. The third kappa shape index (κ3) is 5.47. The third-order valence-electron chi connectivity index (χ3n) is 2.78. The number of ether oxygens (including phenoxy) is 1. The van der Waals surface area contributed by atoms with E-state index in [0.717, 1.165) is 11.4 Å². The summed E-state index contributed by atoms with van der Waals surface area (Å²) < 4.78 is 28.3. The maximum atomic E-state index is 11.3. The molecule has 2 rings (SSSR count). The van der Waals surface area contributed by atoms with E-state index in [0.29, 0.717) is 5.75 Å². The van der Waals surface area contributed by atoms with Gasteiger partial charge < -0.3 is 10.1 Å². The number of benzene rings is 2. The topological polar surface area (TPSA) is 55.4 Å². The van der Waals surface area contributed by atoms with E-state index in [4.69, 9.17) is 4.74 Å². The number of para-hydroxylation sites is 1. The molecule has 0 aliphatic heterocycles. The Kier molecular flexibility index (Phi) is 4.85. The fourth-order valence-electron chi connectivity index (χ4n) is 2.05.